The van der Waals surface area contributed by atoms with E-state index in [0.717, 1.165) is 40.2 Å². The Morgan fingerprint density at radius 3 is 1.65 bits per heavy atom. The maximum absolute atomic E-state index is 12.7. The van der Waals surface area contributed by atoms with Gasteiger partial charge in [-0.2, -0.15) is 0 Å². The van der Waals surface area contributed by atoms with Gasteiger partial charge >= 0.3 is 29.8 Å². The van der Waals surface area contributed by atoms with Crippen molar-refractivity contribution in [3.8, 4) is 17.2 Å². The number of hydrogen-bond acceptors (Lipinski definition) is 12. The van der Waals surface area contributed by atoms with Crippen LogP contribution in [0.4, 0.5) is 0 Å². The van der Waals surface area contributed by atoms with Crippen LogP contribution >= 0.6 is 0 Å². The molecule has 0 aliphatic heterocycles. The molecular formula is C30H40O12Si. The van der Waals surface area contributed by atoms with Crippen molar-refractivity contribution in [1.82, 2.24) is 0 Å². The van der Waals surface area contributed by atoms with Crippen LogP contribution in [-0.2, 0) is 52.5 Å². The minimum Gasteiger partial charge on any atom is -0.486 e. The molecule has 0 unspecified atom stereocenters. The number of benzene rings is 1. The van der Waals surface area contributed by atoms with Crippen LogP contribution in [0, 0.1) is 11.5 Å². The zero-order chi connectivity index (χ0) is 32.7. The van der Waals surface area contributed by atoms with Crippen molar-refractivity contribution in [3.63, 3.8) is 0 Å². The predicted molar refractivity (Wildman–Crippen MR) is 155 cm³/mol. The van der Waals surface area contributed by atoms with E-state index in [2.05, 4.69) is 31.1 Å². The van der Waals surface area contributed by atoms with Gasteiger partial charge in [-0.15, -0.1) is 5.54 Å². The normalized spacial score (nSPS) is 13.5. The molecule has 0 bridgehead atoms. The molecular weight excluding hydrogens is 580 g/mol. The average molecular weight is 621 g/mol. The number of ether oxygens (including phenoxy) is 6. The van der Waals surface area contributed by atoms with Crippen LogP contribution in [0.3, 0.4) is 0 Å². The number of ketones is 1. The molecule has 236 valence electrons. The van der Waals surface area contributed by atoms with Crippen molar-refractivity contribution in [3.05, 3.63) is 29.8 Å². The summed E-state index contributed by atoms with van der Waals surface area (Å²) in [6.45, 7) is 11.0. The second-order valence-electron chi connectivity index (χ2n) is 10.6. The molecule has 0 spiro atoms. The lowest BCUT2D eigenvalue weighted by Gasteiger charge is -2.35. The van der Waals surface area contributed by atoms with E-state index < -0.39 is 68.9 Å². The van der Waals surface area contributed by atoms with Crippen LogP contribution in [0.2, 0.25) is 19.6 Å². The van der Waals surface area contributed by atoms with Gasteiger partial charge in [0.25, 0.3) is 0 Å². The number of esters is 5. The molecule has 0 saturated carbocycles. The highest BCUT2D eigenvalue weighted by molar-refractivity contribution is 6.83. The molecule has 43 heavy (non-hydrogen) atoms. The molecule has 4 atom stereocenters. The van der Waals surface area contributed by atoms with E-state index in [4.69, 9.17) is 28.4 Å². The fourth-order valence-electron chi connectivity index (χ4n) is 3.64. The van der Waals surface area contributed by atoms with Crippen molar-refractivity contribution in [2.75, 3.05) is 13.2 Å². The minimum absolute atomic E-state index is 0.178. The van der Waals surface area contributed by atoms with Crippen LogP contribution in [0.15, 0.2) is 24.3 Å². The van der Waals surface area contributed by atoms with E-state index in [-0.39, 0.29) is 25.2 Å². The van der Waals surface area contributed by atoms with Crippen molar-refractivity contribution in [2.45, 2.75) is 91.5 Å². The van der Waals surface area contributed by atoms with E-state index in [1.165, 1.54) is 0 Å². The summed E-state index contributed by atoms with van der Waals surface area (Å²) in [5.41, 5.74) is 4.09. The highest BCUT2D eigenvalue weighted by atomic mass is 28.3. The summed E-state index contributed by atoms with van der Waals surface area (Å²) in [6.07, 6.45) is -6.24. The van der Waals surface area contributed by atoms with Gasteiger partial charge in [0.15, 0.2) is 24.1 Å². The Morgan fingerprint density at radius 1 is 0.698 bits per heavy atom. The first-order valence-electron chi connectivity index (χ1n) is 13.6. The van der Waals surface area contributed by atoms with Crippen molar-refractivity contribution >= 4 is 43.7 Å². The van der Waals surface area contributed by atoms with Crippen molar-refractivity contribution in [1.29, 1.82) is 0 Å². The largest absolute Gasteiger partial charge is 0.486 e. The summed E-state index contributed by atoms with van der Waals surface area (Å²) in [5, 5.41) is 0. The summed E-state index contributed by atoms with van der Waals surface area (Å²) in [5.74, 6) is -0.819. The van der Waals surface area contributed by atoms with Crippen LogP contribution < -0.4 is 4.74 Å². The summed E-state index contributed by atoms with van der Waals surface area (Å²) < 4.78 is 31.9. The van der Waals surface area contributed by atoms with E-state index in [1.807, 2.05) is 0 Å². The summed E-state index contributed by atoms with van der Waals surface area (Å²) in [7, 11) is -1.53. The highest BCUT2D eigenvalue weighted by Gasteiger charge is 2.43. The first-order chi connectivity index (χ1) is 20.0. The number of rotatable bonds is 15. The zero-order valence-electron chi connectivity index (χ0n) is 25.8. The monoisotopic (exact) mass is 620 g/mol. The third-order valence-electron chi connectivity index (χ3n) is 5.29. The summed E-state index contributed by atoms with van der Waals surface area (Å²) >= 11 is 0. The van der Waals surface area contributed by atoms with Crippen LogP contribution in [0.5, 0.6) is 5.75 Å². The Kier molecular flexibility index (Phi) is 15.2. The van der Waals surface area contributed by atoms with Gasteiger partial charge in [-0.05, 0) is 30.7 Å². The van der Waals surface area contributed by atoms with Crippen LogP contribution in [0.25, 0.3) is 0 Å². The smallest absolute Gasteiger partial charge is 0.303 e. The lowest BCUT2D eigenvalue weighted by Crippen LogP contribution is -2.53. The minimum atomic E-state index is -1.57. The number of Topliss-reactive ketones (excluding diaryl/α,β-unsaturated/α-hetero) is 1. The van der Waals surface area contributed by atoms with Gasteiger partial charge in [-0.3, -0.25) is 28.8 Å². The van der Waals surface area contributed by atoms with Gasteiger partial charge in [0.1, 0.15) is 33.1 Å². The third-order valence-corrected chi connectivity index (χ3v) is 6.16. The van der Waals surface area contributed by atoms with Crippen LogP contribution in [-0.4, -0.2) is 81.3 Å². The molecule has 1 aromatic rings. The molecule has 0 heterocycles. The topological polar surface area (TPSA) is 158 Å². The standard InChI is InChI=1S/C30H40O12Si/c1-19(31)37-18-28(40-21(3)33)30(42-23(5)35)29(41-22(4)34)27(39-20(2)32)14-11-25(36)17-38-26-12-9-24(10-13-26)15-16-43(6,7)8/h9-10,12-13,27-30H,11,14,17-18H2,1-8H3/t27-,28-,29+,30+/m1/s1. The number of carbonyl (C=O) groups is 6. The molecule has 1 rings (SSSR count). The molecule has 0 aliphatic carbocycles. The van der Waals surface area contributed by atoms with E-state index in [1.54, 1.807) is 24.3 Å². The molecule has 0 amide bonds. The van der Waals surface area contributed by atoms with Gasteiger partial charge in [0.2, 0.25) is 0 Å². The van der Waals surface area contributed by atoms with Gasteiger partial charge in [0, 0.05) is 46.6 Å². The fraction of sp³-hybridized carbons (Fsp3) is 0.533. The molecule has 0 N–H and O–H groups in total. The second kappa shape index (κ2) is 17.7. The third kappa shape index (κ3) is 16.1. The lowest BCUT2D eigenvalue weighted by molar-refractivity contribution is -0.203. The summed E-state index contributed by atoms with van der Waals surface area (Å²) in [6, 6.07) is 6.97. The Labute approximate surface area is 252 Å². The molecule has 0 aliphatic rings. The van der Waals surface area contributed by atoms with Crippen LogP contribution in [0.1, 0.15) is 53.0 Å². The number of hydrogen-bond donors (Lipinski definition) is 0. The van der Waals surface area contributed by atoms with Gasteiger partial charge in [-0.25, -0.2) is 0 Å². The maximum Gasteiger partial charge on any atom is 0.303 e. The molecule has 0 saturated heterocycles. The van der Waals surface area contributed by atoms with Crippen molar-refractivity contribution < 1.29 is 57.2 Å². The van der Waals surface area contributed by atoms with E-state index >= 15 is 0 Å². The molecule has 0 fully saturated rings. The van der Waals surface area contributed by atoms with Gasteiger partial charge < -0.3 is 28.4 Å². The molecule has 12 nitrogen and oxygen atoms in total. The molecule has 1 aromatic carbocycles. The highest BCUT2D eigenvalue weighted by Crippen LogP contribution is 2.23. The molecule has 13 heteroatoms. The van der Waals surface area contributed by atoms with E-state index in [9.17, 15) is 28.8 Å². The fourth-order valence-corrected chi connectivity index (χ4v) is 4.16. The van der Waals surface area contributed by atoms with Gasteiger partial charge in [0.05, 0.1) is 0 Å². The predicted octanol–water partition coefficient (Wildman–Crippen LogP) is 2.93. The quantitative estimate of drug-likeness (QED) is 0.122. The molecule has 0 radical (unpaired) electrons. The van der Waals surface area contributed by atoms with Gasteiger partial charge in [-0.1, -0.05) is 25.6 Å². The Hall–Kier alpha value is -4.18. The number of carbonyl (C=O) groups excluding carboxylic acids is 6. The average Bonchev–Trinajstić information content (AvgIpc) is 2.88. The first kappa shape index (κ1) is 36.8. The van der Waals surface area contributed by atoms with Crippen molar-refractivity contribution in [2.24, 2.45) is 0 Å². The first-order valence-corrected chi connectivity index (χ1v) is 17.1. The summed E-state index contributed by atoms with van der Waals surface area (Å²) in [4.78, 5) is 72.1. The lowest BCUT2D eigenvalue weighted by atomic mass is 9.97. The Balaban J connectivity index is 3.14. The zero-order valence-corrected chi connectivity index (χ0v) is 26.8. The molecule has 0 aromatic heterocycles. The van der Waals surface area contributed by atoms with E-state index in [0.29, 0.717) is 5.75 Å². The maximum atomic E-state index is 12.7. The Morgan fingerprint density at radius 2 is 1.19 bits per heavy atom. The SMILES string of the molecule is CC(=O)OC[C@@H](OC(C)=O)[C@H](OC(C)=O)[C@@H](OC(C)=O)[C@@H](CCC(=O)COc1ccc(C#C[Si](C)(C)C)cc1)OC(C)=O. The Bertz CT molecular complexity index is 1210. The second-order valence-corrected chi connectivity index (χ2v) is 15.4.